The van der Waals surface area contributed by atoms with Gasteiger partial charge in [-0.3, -0.25) is 14.6 Å². The Labute approximate surface area is 128 Å². The highest BCUT2D eigenvalue weighted by Gasteiger charge is 2.24. The summed E-state index contributed by atoms with van der Waals surface area (Å²) >= 11 is 0. The van der Waals surface area contributed by atoms with E-state index in [4.69, 9.17) is 0 Å². The number of carbonyl (C=O) groups excluding carboxylic acids is 1. The van der Waals surface area contributed by atoms with E-state index in [2.05, 4.69) is 36.8 Å². The van der Waals surface area contributed by atoms with Gasteiger partial charge in [-0.2, -0.15) is 0 Å². The average Bonchev–Trinajstić information content (AvgIpc) is 2.85. The largest absolute Gasteiger partial charge is 0.299 e. The molecule has 1 atom stereocenters. The molecule has 1 saturated heterocycles. The standard InChI is InChI=1S/C18H28N2O/c1-5-20-10-6-7-16(20)12-19(4)13-18(21)17-9-8-14(2)11-15(17)3/h8-9,11,16H,5-7,10,12-13H2,1-4H3. The molecule has 0 spiro atoms. The van der Waals surface area contributed by atoms with Crippen molar-refractivity contribution in [3.63, 3.8) is 0 Å². The van der Waals surface area contributed by atoms with Gasteiger partial charge in [-0.1, -0.05) is 30.7 Å². The van der Waals surface area contributed by atoms with Gasteiger partial charge in [0.1, 0.15) is 0 Å². The van der Waals surface area contributed by atoms with Crippen LogP contribution in [0.3, 0.4) is 0 Å². The maximum absolute atomic E-state index is 12.5. The highest BCUT2D eigenvalue weighted by atomic mass is 16.1. The molecule has 1 heterocycles. The van der Waals surface area contributed by atoms with E-state index in [1.54, 1.807) is 0 Å². The Morgan fingerprint density at radius 3 is 2.81 bits per heavy atom. The van der Waals surface area contributed by atoms with Crippen LogP contribution in [0.15, 0.2) is 18.2 Å². The summed E-state index contributed by atoms with van der Waals surface area (Å²) in [6, 6.07) is 6.69. The predicted octanol–water partition coefficient (Wildman–Crippen LogP) is 2.90. The van der Waals surface area contributed by atoms with Crippen molar-refractivity contribution in [1.29, 1.82) is 0 Å². The lowest BCUT2D eigenvalue weighted by Gasteiger charge is -2.27. The Morgan fingerprint density at radius 1 is 1.38 bits per heavy atom. The van der Waals surface area contributed by atoms with Crippen molar-refractivity contribution in [2.45, 2.75) is 39.7 Å². The first-order valence-electron chi connectivity index (χ1n) is 8.04. The summed E-state index contributed by atoms with van der Waals surface area (Å²) in [4.78, 5) is 17.2. The third-order valence-corrected chi connectivity index (χ3v) is 4.52. The highest BCUT2D eigenvalue weighted by molar-refractivity contribution is 5.98. The maximum Gasteiger partial charge on any atom is 0.177 e. The Morgan fingerprint density at radius 2 is 2.14 bits per heavy atom. The second-order valence-electron chi connectivity index (χ2n) is 6.36. The van der Waals surface area contributed by atoms with Gasteiger partial charge in [-0.25, -0.2) is 0 Å². The van der Waals surface area contributed by atoms with E-state index < -0.39 is 0 Å². The monoisotopic (exact) mass is 288 g/mol. The summed E-state index contributed by atoms with van der Waals surface area (Å²) in [7, 11) is 2.06. The van der Waals surface area contributed by atoms with Crippen LogP contribution in [-0.4, -0.2) is 54.9 Å². The maximum atomic E-state index is 12.5. The molecule has 0 amide bonds. The van der Waals surface area contributed by atoms with Crippen LogP contribution in [0.2, 0.25) is 0 Å². The molecular weight excluding hydrogens is 260 g/mol. The zero-order valence-electron chi connectivity index (χ0n) is 13.9. The molecule has 1 fully saturated rings. The Bertz CT molecular complexity index is 498. The molecule has 3 heteroatoms. The number of benzene rings is 1. The number of likely N-dealkylation sites (N-methyl/N-ethyl adjacent to an activating group) is 2. The lowest BCUT2D eigenvalue weighted by Crippen LogP contribution is -2.40. The molecule has 1 unspecified atom stereocenters. The number of Topliss-reactive ketones (excluding diaryl/α,β-unsaturated/α-hetero) is 1. The van der Waals surface area contributed by atoms with Crippen LogP contribution in [0.25, 0.3) is 0 Å². The van der Waals surface area contributed by atoms with Gasteiger partial charge in [0.2, 0.25) is 0 Å². The summed E-state index contributed by atoms with van der Waals surface area (Å²) in [5, 5.41) is 0. The number of carbonyl (C=O) groups is 1. The van der Waals surface area contributed by atoms with Crippen LogP contribution in [0, 0.1) is 13.8 Å². The molecule has 0 saturated carbocycles. The molecule has 3 nitrogen and oxygen atoms in total. The molecule has 0 aromatic heterocycles. The number of ketones is 1. The minimum atomic E-state index is 0.232. The first-order chi connectivity index (χ1) is 10.0. The van der Waals surface area contributed by atoms with Gasteiger partial charge in [0.25, 0.3) is 0 Å². The van der Waals surface area contributed by atoms with Crippen molar-refractivity contribution in [2.24, 2.45) is 0 Å². The van der Waals surface area contributed by atoms with E-state index in [-0.39, 0.29) is 5.78 Å². The van der Waals surface area contributed by atoms with Crippen molar-refractivity contribution >= 4 is 5.78 Å². The van der Waals surface area contributed by atoms with Crippen molar-refractivity contribution in [2.75, 3.05) is 33.2 Å². The topological polar surface area (TPSA) is 23.6 Å². The lowest BCUT2D eigenvalue weighted by molar-refractivity contribution is 0.0928. The SMILES string of the molecule is CCN1CCCC1CN(C)CC(=O)c1ccc(C)cc1C. The molecule has 2 rings (SSSR count). The van der Waals surface area contributed by atoms with E-state index in [1.165, 1.54) is 24.9 Å². The number of likely N-dealkylation sites (tertiary alicyclic amines) is 1. The van der Waals surface area contributed by atoms with E-state index in [1.807, 2.05) is 19.1 Å². The molecule has 1 aliphatic heterocycles. The van der Waals surface area contributed by atoms with Crippen LogP contribution in [-0.2, 0) is 0 Å². The molecule has 1 aliphatic rings. The smallest absolute Gasteiger partial charge is 0.177 e. The van der Waals surface area contributed by atoms with Gasteiger partial charge >= 0.3 is 0 Å². The molecule has 1 aromatic rings. The fraction of sp³-hybridized carbons (Fsp3) is 0.611. The first kappa shape index (κ1) is 16.2. The second-order valence-corrected chi connectivity index (χ2v) is 6.36. The zero-order valence-corrected chi connectivity index (χ0v) is 13.9. The molecule has 0 bridgehead atoms. The minimum Gasteiger partial charge on any atom is -0.299 e. The zero-order chi connectivity index (χ0) is 15.4. The van der Waals surface area contributed by atoms with Crippen LogP contribution in [0.1, 0.15) is 41.3 Å². The van der Waals surface area contributed by atoms with E-state index in [0.717, 1.165) is 24.2 Å². The van der Waals surface area contributed by atoms with Crippen molar-refractivity contribution in [3.05, 3.63) is 34.9 Å². The molecule has 0 radical (unpaired) electrons. The Hall–Kier alpha value is -1.19. The highest BCUT2D eigenvalue weighted by Crippen LogP contribution is 2.18. The van der Waals surface area contributed by atoms with Crippen LogP contribution in [0.5, 0.6) is 0 Å². The molecule has 0 aliphatic carbocycles. The Kier molecular flexibility index (Phi) is 5.54. The fourth-order valence-corrected chi connectivity index (χ4v) is 3.40. The van der Waals surface area contributed by atoms with Crippen LogP contribution in [0.4, 0.5) is 0 Å². The fourth-order valence-electron chi connectivity index (χ4n) is 3.40. The van der Waals surface area contributed by atoms with Gasteiger partial charge in [0, 0.05) is 18.2 Å². The quantitative estimate of drug-likeness (QED) is 0.752. The van der Waals surface area contributed by atoms with E-state index >= 15 is 0 Å². The number of aryl methyl sites for hydroxylation is 2. The summed E-state index contributed by atoms with van der Waals surface area (Å²) < 4.78 is 0. The number of nitrogens with zero attached hydrogens (tertiary/aromatic N) is 2. The van der Waals surface area contributed by atoms with Crippen molar-refractivity contribution < 1.29 is 4.79 Å². The number of hydrogen-bond acceptors (Lipinski definition) is 3. The number of rotatable bonds is 6. The second kappa shape index (κ2) is 7.19. The van der Waals surface area contributed by atoms with Gasteiger partial charge in [-0.15, -0.1) is 0 Å². The predicted molar refractivity (Wildman–Crippen MR) is 88.0 cm³/mol. The van der Waals surface area contributed by atoms with Crippen LogP contribution < -0.4 is 0 Å². The summed E-state index contributed by atoms with van der Waals surface area (Å²) in [6.07, 6.45) is 2.55. The molecule has 21 heavy (non-hydrogen) atoms. The number of hydrogen-bond donors (Lipinski definition) is 0. The first-order valence-corrected chi connectivity index (χ1v) is 8.04. The van der Waals surface area contributed by atoms with Gasteiger partial charge in [0.15, 0.2) is 5.78 Å². The van der Waals surface area contributed by atoms with Gasteiger partial charge in [-0.05, 0) is 52.4 Å². The van der Waals surface area contributed by atoms with Crippen LogP contribution >= 0.6 is 0 Å². The average molecular weight is 288 g/mol. The normalized spacial score (nSPS) is 19.4. The van der Waals surface area contributed by atoms with Gasteiger partial charge in [0.05, 0.1) is 6.54 Å². The summed E-state index contributed by atoms with van der Waals surface area (Å²) in [5.74, 6) is 0.232. The third kappa shape index (κ3) is 4.14. The third-order valence-electron chi connectivity index (χ3n) is 4.52. The molecule has 116 valence electrons. The lowest BCUT2D eigenvalue weighted by atomic mass is 10.0. The molecular formula is C18H28N2O. The van der Waals surface area contributed by atoms with Crippen molar-refractivity contribution in [3.8, 4) is 0 Å². The van der Waals surface area contributed by atoms with Crippen molar-refractivity contribution in [1.82, 2.24) is 9.80 Å². The van der Waals surface area contributed by atoms with E-state index in [0.29, 0.717) is 12.6 Å². The summed E-state index contributed by atoms with van der Waals surface area (Å²) in [6.45, 7) is 10.1. The van der Waals surface area contributed by atoms with Gasteiger partial charge < -0.3 is 0 Å². The Balaban J connectivity index is 1.92. The minimum absolute atomic E-state index is 0.232. The molecule has 0 N–H and O–H groups in total. The molecule has 1 aromatic carbocycles. The summed E-state index contributed by atoms with van der Waals surface area (Å²) in [5.41, 5.74) is 3.16. The van der Waals surface area contributed by atoms with E-state index in [9.17, 15) is 4.79 Å².